The van der Waals surface area contributed by atoms with E-state index in [1.54, 1.807) is 18.2 Å². The van der Waals surface area contributed by atoms with Crippen LogP contribution in [0, 0.1) is 5.92 Å². The molecular formula is C12H16O2. The molecular weight excluding hydrogens is 176 g/mol. The molecule has 0 saturated heterocycles. The summed E-state index contributed by atoms with van der Waals surface area (Å²) in [6, 6.07) is 0. The van der Waals surface area contributed by atoms with Crippen molar-refractivity contribution in [1.82, 2.24) is 0 Å². The number of carbonyl (C=O) groups excluding carboxylic acids is 2. The Balaban J connectivity index is 4.66. The van der Waals surface area contributed by atoms with E-state index in [2.05, 4.69) is 13.2 Å². The van der Waals surface area contributed by atoms with Crippen LogP contribution in [0.4, 0.5) is 0 Å². The first-order valence-electron chi connectivity index (χ1n) is 4.47. The summed E-state index contributed by atoms with van der Waals surface area (Å²) in [5.74, 6) is -0.747. The van der Waals surface area contributed by atoms with Gasteiger partial charge in [0.25, 0.3) is 0 Å². The van der Waals surface area contributed by atoms with Gasteiger partial charge in [-0.15, -0.1) is 0 Å². The molecule has 0 N–H and O–H groups in total. The zero-order chi connectivity index (χ0) is 11.1. The van der Waals surface area contributed by atoms with E-state index in [4.69, 9.17) is 0 Å². The molecule has 2 heteroatoms. The van der Waals surface area contributed by atoms with Gasteiger partial charge in [-0.3, -0.25) is 9.59 Å². The molecule has 0 atom stereocenters. The van der Waals surface area contributed by atoms with Gasteiger partial charge in [-0.2, -0.15) is 0 Å². The fraction of sp³-hybridized carbons (Fsp3) is 0.333. The van der Waals surface area contributed by atoms with E-state index in [0.29, 0.717) is 6.42 Å². The summed E-state index contributed by atoms with van der Waals surface area (Å²) in [4.78, 5) is 22.3. The smallest absolute Gasteiger partial charge is 0.140 e. The van der Waals surface area contributed by atoms with Crippen LogP contribution in [0.2, 0.25) is 0 Å². The van der Waals surface area contributed by atoms with Crippen LogP contribution in [0.15, 0.2) is 37.0 Å². The predicted octanol–water partition coefficient (Wildman–Crippen LogP) is 2.47. The van der Waals surface area contributed by atoms with Crippen molar-refractivity contribution in [3.05, 3.63) is 37.0 Å². The van der Waals surface area contributed by atoms with Gasteiger partial charge >= 0.3 is 0 Å². The van der Waals surface area contributed by atoms with E-state index in [-0.39, 0.29) is 11.6 Å². The number of Topliss-reactive ketones (excluding diaryl/α,β-unsaturated/α-hetero) is 2. The maximum atomic E-state index is 11.1. The summed E-state index contributed by atoms with van der Waals surface area (Å²) >= 11 is 0. The minimum absolute atomic E-state index is 0.102. The molecule has 0 radical (unpaired) electrons. The molecule has 0 unspecified atom stereocenters. The molecule has 0 aliphatic rings. The fourth-order valence-corrected chi connectivity index (χ4v) is 1.18. The SMILES string of the molecule is C=C/C=C(\C=C)CC(C(C)=O)C(C)=O. The van der Waals surface area contributed by atoms with Crippen LogP contribution in [0.5, 0.6) is 0 Å². The molecule has 2 nitrogen and oxygen atoms in total. The summed E-state index contributed by atoms with van der Waals surface area (Å²) in [6.07, 6.45) is 5.43. The summed E-state index contributed by atoms with van der Waals surface area (Å²) in [7, 11) is 0. The van der Waals surface area contributed by atoms with Crippen molar-refractivity contribution >= 4 is 11.6 Å². The predicted molar refractivity (Wildman–Crippen MR) is 57.9 cm³/mol. The van der Waals surface area contributed by atoms with Crippen molar-refractivity contribution in [2.24, 2.45) is 5.92 Å². The first-order valence-corrected chi connectivity index (χ1v) is 4.47. The second-order valence-corrected chi connectivity index (χ2v) is 3.16. The second kappa shape index (κ2) is 6.08. The Morgan fingerprint density at radius 3 is 2.00 bits per heavy atom. The molecule has 0 aromatic rings. The largest absolute Gasteiger partial charge is 0.299 e. The standard InChI is InChI=1S/C12H16O2/c1-5-7-11(6-2)8-12(9(3)13)10(4)14/h5-7,12H,1-2,8H2,3-4H3/b11-7+. The highest BCUT2D eigenvalue weighted by Gasteiger charge is 2.19. The van der Waals surface area contributed by atoms with Gasteiger partial charge < -0.3 is 0 Å². The Labute approximate surface area is 85.0 Å². The van der Waals surface area contributed by atoms with Gasteiger partial charge in [0, 0.05) is 0 Å². The number of hydrogen-bond acceptors (Lipinski definition) is 2. The molecule has 76 valence electrons. The van der Waals surface area contributed by atoms with E-state index >= 15 is 0 Å². The van der Waals surface area contributed by atoms with Crippen LogP contribution < -0.4 is 0 Å². The molecule has 0 rings (SSSR count). The van der Waals surface area contributed by atoms with Crippen LogP contribution in [-0.4, -0.2) is 11.6 Å². The minimum Gasteiger partial charge on any atom is -0.299 e. The maximum absolute atomic E-state index is 11.1. The van der Waals surface area contributed by atoms with Gasteiger partial charge in [-0.25, -0.2) is 0 Å². The van der Waals surface area contributed by atoms with Crippen LogP contribution in [0.25, 0.3) is 0 Å². The average molecular weight is 192 g/mol. The van der Waals surface area contributed by atoms with E-state index in [1.165, 1.54) is 13.8 Å². The van der Waals surface area contributed by atoms with Crippen molar-refractivity contribution in [2.75, 3.05) is 0 Å². The molecule has 0 saturated carbocycles. The first kappa shape index (κ1) is 12.6. The van der Waals surface area contributed by atoms with Gasteiger partial charge in [-0.1, -0.05) is 31.4 Å². The molecule has 0 amide bonds. The quantitative estimate of drug-likeness (QED) is 0.478. The molecule has 0 fully saturated rings. The zero-order valence-corrected chi connectivity index (χ0v) is 8.75. The monoisotopic (exact) mass is 192 g/mol. The lowest BCUT2D eigenvalue weighted by atomic mass is 9.92. The Hall–Kier alpha value is -1.44. The Kier molecular flexibility index (Phi) is 5.46. The average Bonchev–Trinajstić information content (AvgIpc) is 2.10. The molecule has 0 aromatic carbocycles. The zero-order valence-electron chi connectivity index (χ0n) is 8.75. The normalized spacial score (nSPS) is 11.2. The van der Waals surface area contributed by atoms with Gasteiger partial charge in [0.1, 0.15) is 11.6 Å². The number of carbonyl (C=O) groups is 2. The van der Waals surface area contributed by atoms with Crippen molar-refractivity contribution < 1.29 is 9.59 Å². The number of rotatable bonds is 6. The van der Waals surface area contributed by atoms with Gasteiger partial charge in [0.15, 0.2) is 0 Å². The molecule has 0 aliphatic heterocycles. The summed E-state index contributed by atoms with van der Waals surface area (Å²) < 4.78 is 0. The second-order valence-electron chi connectivity index (χ2n) is 3.16. The lowest BCUT2D eigenvalue weighted by Crippen LogP contribution is -2.19. The van der Waals surface area contributed by atoms with Crippen molar-refractivity contribution in [3.63, 3.8) is 0 Å². The van der Waals surface area contributed by atoms with Crippen molar-refractivity contribution in [1.29, 1.82) is 0 Å². The highest BCUT2D eigenvalue weighted by molar-refractivity contribution is 6.00. The molecule has 0 spiro atoms. The van der Waals surface area contributed by atoms with Crippen LogP contribution in [0.1, 0.15) is 20.3 Å². The van der Waals surface area contributed by atoms with Gasteiger partial charge in [0.05, 0.1) is 5.92 Å². The third-order valence-electron chi connectivity index (χ3n) is 2.02. The number of allylic oxidation sites excluding steroid dienone is 4. The van der Waals surface area contributed by atoms with Crippen molar-refractivity contribution in [3.8, 4) is 0 Å². The Morgan fingerprint density at radius 2 is 1.71 bits per heavy atom. The lowest BCUT2D eigenvalue weighted by Gasteiger charge is -2.09. The summed E-state index contributed by atoms with van der Waals surface area (Å²) in [5, 5.41) is 0. The van der Waals surface area contributed by atoms with Crippen LogP contribution in [-0.2, 0) is 9.59 Å². The fourth-order valence-electron chi connectivity index (χ4n) is 1.18. The number of ketones is 2. The lowest BCUT2D eigenvalue weighted by molar-refractivity contribution is -0.130. The van der Waals surface area contributed by atoms with Crippen LogP contribution >= 0.6 is 0 Å². The highest BCUT2D eigenvalue weighted by Crippen LogP contribution is 2.15. The Bertz CT molecular complexity index is 271. The molecule has 0 bridgehead atoms. The number of hydrogen-bond donors (Lipinski definition) is 0. The first-order chi connectivity index (χ1) is 6.52. The minimum atomic E-state index is -0.542. The van der Waals surface area contributed by atoms with E-state index in [0.717, 1.165) is 5.57 Å². The third-order valence-corrected chi connectivity index (χ3v) is 2.02. The molecule has 14 heavy (non-hydrogen) atoms. The van der Waals surface area contributed by atoms with E-state index in [1.807, 2.05) is 0 Å². The topological polar surface area (TPSA) is 34.1 Å². The summed E-state index contributed by atoms with van der Waals surface area (Å²) in [6.45, 7) is 10.0. The molecule has 0 heterocycles. The van der Waals surface area contributed by atoms with Gasteiger partial charge in [-0.05, 0) is 25.8 Å². The van der Waals surface area contributed by atoms with E-state index < -0.39 is 5.92 Å². The van der Waals surface area contributed by atoms with Gasteiger partial charge in [0.2, 0.25) is 0 Å². The Morgan fingerprint density at radius 1 is 1.21 bits per heavy atom. The maximum Gasteiger partial charge on any atom is 0.140 e. The van der Waals surface area contributed by atoms with Crippen molar-refractivity contribution in [2.45, 2.75) is 20.3 Å². The highest BCUT2D eigenvalue weighted by atomic mass is 16.1. The molecule has 0 aromatic heterocycles. The third kappa shape index (κ3) is 3.99. The molecule has 0 aliphatic carbocycles. The van der Waals surface area contributed by atoms with Crippen LogP contribution in [0.3, 0.4) is 0 Å². The van der Waals surface area contributed by atoms with E-state index in [9.17, 15) is 9.59 Å². The summed E-state index contributed by atoms with van der Waals surface area (Å²) in [5.41, 5.74) is 0.857.